The second-order valence-corrected chi connectivity index (χ2v) is 4.07. The van der Waals surface area contributed by atoms with Gasteiger partial charge in [-0.3, -0.25) is 0 Å². The maximum absolute atomic E-state index is 9.71. The minimum Gasteiger partial charge on any atom is -0.508 e. The zero-order valence-corrected chi connectivity index (χ0v) is 9.59. The molecule has 0 bridgehead atoms. The predicted molar refractivity (Wildman–Crippen MR) is 65.2 cm³/mol. The molecule has 1 unspecified atom stereocenters. The van der Waals surface area contributed by atoms with Gasteiger partial charge >= 0.3 is 0 Å². The Kier molecular flexibility index (Phi) is 3.48. The molecule has 2 N–H and O–H groups in total. The van der Waals surface area contributed by atoms with Gasteiger partial charge in [-0.1, -0.05) is 12.1 Å². The predicted octanol–water partition coefficient (Wildman–Crippen LogP) is 2.38. The lowest BCUT2D eigenvalue weighted by molar-refractivity contribution is 0.469. The van der Waals surface area contributed by atoms with E-state index < -0.39 is 0 Å². The second-order valence-electron chi connectivity index (χ2n) is 4.07. The van der Waals surface area contributed by atoms with E-state index in [1.54, 1.807) is 6.07 Å². The molecule has 0 aromatic heterocycles. The van der Waals surface area contributed by atoms with Crippen LogP contribution >= 0.6 is 0 Å². The lowest BCUT2D eigenvalue weighted by Gasteiger charge is -2.12. The summed E-state index contributed by atoms with van der Waals surface area (Å²) in [5.74, 6) is 6.38. The SMILES string of the molecule is CC#CCCNC1CCc2c(O)cccc21. The van der Waals surface area contributed by atoms with Gasteiger partial charge in [0.05, 0.1) is 0 Å². The largest absolute Gasteiger partial charge is 0.508 e. The summed E-state index contributed by atoms with van der Waals surface area (Å²) in [7, 11) is 0. The standard InChI is InChI=1S/C14H17NO/c1-2-3-4-10-15-13-9-8-12-11(13)6-5-7-14(12)16/h5-7,13,15-16H,4,8-10H2,1H3. The van der Waals surface area contributed by atoms with Crippen LogP contribution in [0.3, 0.4) is 0 Å². The quantitative estimate of drug-likeness (QED) is 0.599. The molecule has 0 saturated heterocycles. The zero-order chi connectivity index (χ0) is 11.4. The van der Waals surface area contributed by atoms with Crippen LogP contribution in [0.4, 0.5) is 0 Å². The van der Waals surface area contributed by atoms with Crippen molar-refractivity contribution in [3.8, 4) is 17.6 Å². The summed E-state index contributed by atoms with van der Waals surface area (Å²) >= 11 is 0. The summed E-state index contributed by atoms with van der Waals surface area (Å²) in [6, 6.07) is 6.18. The molecule has 2 rings (SSSR count). The molecular formula is C14H17NO. The summed E-state index contributed by atoms with van der Waals surface area (Å²) in [6.45, 7) is 2.78. The Bertz CT molecular complexity index is 428. The highest BCUT2D eigenvalue weighted by atomic mass is 16.3. The van der Waals surface area contributed by atoms with Crippen molar-refractivity contribution in [1.82, 2.24) is 5.32 Å². The van der Waals surface area contributed by atoms with E-state index in [1.807, 2.05) is 13.0 Å². The fourth-order valence-electron chi connectivity index (χ4n) is 2.28. The molecule has 0 spiro atoms. The lowest BCUT2D eigenvalue weighted by atomic mass is 10.1. The Labute approximate surface area is 96.7 Å². The van der Waals surface area contributed by atoms with E-state index >= 15 is 0 Å². The van der Waals surface area contributed by atoms with Gasteiger partial charge in [0.2, 0.25) is 0 Å². The lowest BCUT2D eigenvalue weighted by Crippen LogP contribution is -2.20. The average molecular weight is 215 g/mol. The third-order valence-electron chi connectivity index (χ3n) is 3.06. The molecule has 2 heteroatoms. The summed E-state index contributed by atoms with van der Waals surface area (Å²) < 4.78 is 0. The molecule has 1 aliphatic rings. The van der Waals surface area contributed by atoms with E-state index in [4.69, 9.17) is 0 Å². The molecule has 0 radical (unpaired) electrons. The number of benzene rings is 1. The van der Waals surface area contributed by atoms with E-state index in [1.165, 1.54) is 5.56 Å². The van der Waals surface area contributed by atoms with E-state index in [-0.39, 0.29) is 0 Å². The van der Waals surface area contributed by atoms with Crippen LogP contribution in [-0.2, 0) is 6.42 Å². The first-order chi connectivity index (χ1) is 7.83. The molecule has 84 valence electrons. The molecular weight excluding hydrogens is 198 g/mol. The average Bonchev–Trinajstić information content (AvgIpc) is 2.70. The normalized spacial score (nSPS) is 17.7. The van der Waals surface area contributed by atoms with Crippen LogP contribution in [0.5, 0.6) is 5.75 Å². The fraction of sp³-hybridized carbons (Fsp3) is 0.429. The van der Waals surface area contributed by atoms with Gasteiger partial charge in [0, 0.05) is 19.0 Å². The van der Waals surface area contributed by atoms with Gasteiger partial charge in [-0.15, -0.1) is 11.8 Å². The molecule has 0 amide bonds. The molecule has 1 aliphatic carbocycles. The van der Waals surface area contributed by atoms with Crippen molar-refractivity contribution in [2.24, 2.45) is 0 Å². The molecule has 0 heterocycles. The van der Waals surface area contributed by atoms with E-state index in [2.05, 4.69) is 23.2 Å². The smallest absolute Gasteiger partial charge is 0.119 e. The number of hydrogen-bond donors (Lipinski definition) is 2. The number of phenolic OH excluding ortho intramolecular Hbond substituents is 1. The first kappa shape index (κ1) is 11.0. The highest BCUT2D eigenvalue weighted by molar-refractivity contribution is 5.44. The van der Waals surface area contributed by atoms with Crippen LogP contribution in [-0.4, -0.2) is 11.7 Å². The van der Waals surface area contributed by atoms with E-state index in [0.29, 0.717) is 11.8 Å². The maximum Gasteiger partial charge on any atom is 0.119 e. The van der Waals surface area contributed by atoms with Crippen molar-refractivity contribution in [1.29, 1.82) is 0 Å². The van der Waals surface area contributed by atoms with Crippen molar-refractivity contribution in [3.63, 3.8) is 0 Å². The monoisotopic (exact) mass is 215 g/mol. The number of phenols is 1. The number of hydrogen-bond acceptors (Lipinski definition) is 2. The zero-order valence-electron chi connectivity index (χ0n) is 9.59. The number of fused-ring (bicyclic) bond motifs is 1. The summed E-state index contributed by atoms with van der Waals surface area (Å²) in [5.41, 5.74) is 2.37. The minimum absolute atomic E-state index is 0.390. The minimum atomic E-state index is 0.390. The van der Waals surface area contributed by atoms with Crippen molar-refractivity contribution < 1.29 is 5.11 Å². The third kappa shape index (κ3) is 2.20. The molecule has 16 heavy (non-hydrogen) atoms. The van der Waals surface area contributed by atoms with Crippen molar-refractivity contribution >= 4 is 0 Å². The van der Waals surface area contributed by atoms with Gasteiger partial charge in [-0.05, 0) is 37.0 Å². The first-order valence-corrected chi connectivity index (χ1v) is 5.76. The van der Waals surface area contributed by atoms with Crippen LogP contribution in [0.2, 0.25) is 0 Å². The van der Waals surface area contributed by atoms with Gasteiger partial charge < -0.3 is 10.4 Å². The van der Waals surface area contributed by atoms with Crippen molar-refractivity contribution in [2.45, 2.75) is 32.2 Å². The molecule has 1 atom stereocenters. The van der Waals surface area contributed by atoms with Crippen LogP contribution in [0, 0.1) is 11.8 Å². The van der Waals surface area contributed by atoms with Crippen LogP contribution in [0.25, 0.3) is 0 Å². The fourth-order valence-corrected chi connectivity index (χ4v) is 2.28. The van der Waals surface area contributed by atoms with Gasteiger partial charge in [0.25, 0.3) is 0 Å². The Morgan fingerprint density at radius 3 is 3.19 bits per heavy atom. The van der Waals surface area contributed by atoms with Crippen LogP contribution < -0.4 is 5.32 Å². The number of aromatic hydroxyl groups is 1. The summed E-state index contributed by atoms with van der Waals surface area (Å²) in [4.78, 5) is 0. The molecule has 0 fully saturated rings. The van der Waals surface area contributed by atoms with Gasteiger partial charge in [0.15, 0.2) is 0 Å². The summed E-state index contributed by atoms with van der Waals surface area (Å²) in [5, 5.41) is 13.2. The van der Waals surface area contributed by atoms with Crippen LogP contribution in [0.15, 0.2) is 18.2 Å². The molecule has 2 nitrogen and oxygen atoms in total. The Morgan fingerprint density at radius 2 is 2.38 bits per heavy atom. The molecule has 1 aromatic carbocycles. The number of nitrogens with one attached hydrogen (secondary N) is 1. The van der Waals surface area contributed by atoms with E-state index in [0.717, 1.165) is 31.4 Å². The third-order valence-corrected chi connectivity index (χ3v) is 3.06. The van der Waals surface area contributed by atoms with Gasteiger partial charge in [-0.2, -0.15) is 0 Å². The Hall–Kier alpha value is -1.46. The maximum atomic E-state index is 9.71. The van der Waals surface area contributed by atoms with Gasteiger partial charge in [-0.25, -0.2) is 0 Å². The number of rotatable bonds is 3. The van der Waals surface area contributed by atoms with Crippen LogP contribution in [0.1, 0.15) is 36.9 Å². The van der Waals surface area contributed by atoms with Gasteiger partial charge in [0.1, 0.15) is 5.75 Å². The topological polar surface area (TPSA) is 32.3 Å². The van der Waals surface area contributed by atoms with Crippen molar-refractivity contribution in [3.05, 3.63) is 29.3 Å². The Morgan fingerprint density at radius 1 is 1.50 bits per heavy atom. The highest BCUT2D eigenvalue weighted by Gasteiger charge is 2.23. The highest BCUT2D eigenvalue weighted by Crippen LogP contribution is 2.35. The molecule has 0 aliphatic heterocycles. The van der Waals surface area contributed by atoms with Crippen molar-refractivity contribution in [2.75, 3.05) is 6.54 Å². The summed E-state index contributed by atoms with van der Waals surface area (Å²) in [6.07, 6.45) is 2.94. The molecule has 0 saturated carbocycles. The second kappa shape index (κ2) is 5.05. The Balaban J connectivity index is 2.00. The van der Waals surface area contributed by atoms with E-state index in [9.17, 15) is 5.11 Å². The first-order valence-electron chi connectivity index (χ1n) is 5.76. The molecule has 1 aromatic rings.